The van der Waals surface area contributed by atoms with Gasteiger partial charge >= 0.3 is 0 Å². The van der Waals surface area contributed by atoms with E-state index >= 15 is 0 Å². The lowest BCUT2D eigenvalue weighted by molar-refractivity contribution is -0.118. The van der Waals surface area contributed by atoms with Crippen LogP contribution in [0.15, 0.2) is 52.9 Å². The van der Waals surface area contributed by atoms with Crippen LogP contribution in [0.25, 0.3) is 20.5 Å². The minimum absolute atomic E-state index is 0.0718. The summed E-state index contributed by atoms with van der Waals surface area (Å²) in [6.07, 6.45) is 0. The fourth-order valence-electron chi connectivity index (χ4n) is 3.10. The second-order valence-electron chi connectivity index (χ2n) is 6.92. The van der Waals surface area contributed by atoms with Crippen LogP contribution in [-0.2, 0) is 11.3 Å². The molecular formula is C22H18N4O3S3. The van der Waals surface area contributed by atoms with Gasteiger partial charge in [0.25, 0.3) is 0 Å². The monoisotopic (exact) mass is 482 g/mol. The number of amides is 1. The van der Waals surface area contributed by atoms with Crippen molar-refractivity contribution in [2.75, 3.05) is 12.5 Å². The molecule has 1 aliphatic rings. The average Bonchev–Trinajstić information content (AvgIpc) is 3.57. The molecule has 1 amide bonds. The van der Waals surface area contributed by atoms with E-state index in [2.05, 4.69) is 26.6 Å². The molecule has 4 aromatic rings. The maximum atomic E-state index is 12.2. The first-order valence-electron chi connectivity index (χ1n) is 9.79. The van der Waals surface area contributed by atoms with Crippen LogP contribution in [0.1, 0.15) is 11.3 Å². The molecule has 0 atom stereocenters. The smallest absolute Gasteiger partial charge is 0.231 e. The van der Waals surface area contributed by atoms with Crippen molar-refractivity contribution in [1.82, 2.24) is 20.5 Å². The lowest BCUT2D eigenvalue weighted by Gasteiger charge is -2.06. The number of carbonyl (C=O) groups is 1. The van der Waals surface area contributed by atoms with Gasteiger partial charge in [0.15, 0.2) is 11.5 Å². The molecule has 1 N–H and O–H groups in total. The van der Waals surface area contributed by atoms with E-state index in [0.717, 1.165) is 37.5 Å². The van der Waals surface area contributed by atoms with Crippen molar-refractivity contribution in [3.05, 3.63) is 59.1 Å². The van der Waals surface area contributed by atoms with E-state index in [4.69, 9.17) is 9.47 Å². The quantitative estimate of drug-likeness (QED) is 0.380. The number of rotatable bonds is 7. The number of ether oxygens (including phenoxy) is 2. The maximum Gasteiger partial charge on any atom is 0.231 e. The number of thioether (sulfide) groups is 1. The van der Waals surface area contributed by atoms with Gasteiger partial charge in [-0.2, -0.15) is 0 Å². The molecule has 0 bridgehead atoms. The molecule has 5 rings (SSSR count). The molecule has 4 heterocycles. The molecule has 32 heavy (non-hydrogen) atoms. The Morgan fingerprint density at radius 2 is 2.06 bits per heavy atom. The fraction of sp³-hybridized carbons (Fsp3) is 0.182. The summed E-state index contributed by atoms with van der Waals surface area (Å²) in [5.74, 6) is 1.63. The van der Waals surface area contributed by atoms with Crippen LogP contribution < -0.4 is 14.8 Å². The van der Waals surface area contributed by atoms with Gasteiger partial charge in [0, 0.05) is 6.54 Å². The fourth-order valence-corrected chi connectivity index (χ4v) is 5.57. The van der Waals surface area contributed by atoms with E-state index in [-0.39, 0.29) is 18.5 Å². The van der Waals surface area contributed by atoms with Gasteiger partial charge in [-0.05, 0) is 48.2 Å². The third-order valence-electron chi connectivity index (χ3n) is 4.68. The predicted molar refractivity (Wildman–Crippen MR) is 126 cm³/mol. The molecule has 0 saturated heterocycles. The van der Waals surface area contributed by atoms with Crippen LogP contribution in [0.3, 0.4) is 0 Å². The standard InChI is InChI=1S/C22H18N4O3S3/c1-13-21(32-22(24-13)18-3-2-8-30-18)15-5-7-20(26-25-15)31-11-19(27)23-10-14-4-6-16-17(9-14)29-12-28-16/h2-9H,10-12H2,1H3,(H,23,27). The lowest BCUT2D eigenvalue weighted by Crippen LogP contribution is -2.24. The normalized spacial score (nSPS) is 12.2. The van der Waals surface area contributed by atoms with E-state index in [0.29, 0.717) is 17.3 Å². The first-order chi connectivity index (χ1) is 15.7. The van der Waals surface area contributed by atoms with Gasteiger partial charge in [-0.1, -0.05) is 23.9 Å². The summed E-state index contributed by atoms with van der Waals surface area (Å²) in [6, 6.07) is 13.6. The van der Waals surface area contributed by atoms with Crippen LogP contribution >= 0.6 is 34.4 Å². The largest absolute Gasteiger partial charge is 0.454 e. The van der Waals surface area contributed by atoms with Gasteiger partial charge in [-0.25, -0.2) is 4.98 Å². The minimum Gasteiger partial charge on any atom is -0.454 e. The first kappa shape index (κ1) is 20.9. The van der Waals surface area contributed by atoms with Crippen molar-refractivity contribution in [3.63, 3.8) is 0 Å². The van der Waals surface area contributed by atoms with Crippen LogP contribution in [0, 0.1) is 6.92 Å². The number of thiazole rings is 1. The summed E-state index contributed by atoms with van der Waals surface area (Å²) >= 11 is 4.64. The van der Waals surface area contributed by atoms with Crippen molar-refractivity contribution >= 4 is 40.3 Å². The first-order valence-corrected chi connectivity index (χ1v) is 12.5. The Hall–Kier alpha value is -2.95. The number of hydrogen-bond acceptors (Lipinski definition) is 9. The number of aromatic nitrogens is 3. The summed E-state index contributed by atoms with van der Waals surface area (Å²) in [5, 5.41) is 15.3. The number of aryl methyl sites for hydroxylation is 1. The topological polar surface area (TPSA) is 86.2 Å². The molecule has 0 spiro atoms. The molecule has 7 nitrogen and oxygen atoms in total. The summed E-state index contributed by atoms with van der Waals surface area (Å²) < 4.78 is 10.7. The van der Waals surface area contributed by atoms with Gasteiger partial charge < -0.3 is 14.8 Å². The third kappa shape index (κ3) is 4.62. The molecule has 1 aromatic carbocycles. The van der Waals surface area contributed by atoms with E-state index < -0.39 is 0 Å². The second kappa shape index (κ2) is 9.27. The molecule has 162 valence electrons. The SMILES string of the molecule is Cc1nc(-c2cccs2)sc1-c1ccc(SCC(=O)NCc2ccc3c(c2)OCO3)nn1. The van der Waals surface area contributed by atoms with E-state index in [1.54, 1.807) is 22.7 Å². The number of benzene rings is 1. The Morgan fingerprint density at radius 1 is 1.16 bits per heavy atom. The zero-order chi connectivity index (χ0) is 21.9. The van der Waals surface area contributed by atoms with Crippen LogP contribution in [-0.4, -0.2) is 33.6 Å². The zero-order valence-corrected chi connectivity index (χ0v) is 19.5. The number of fused-ring (bicyclic) bond motifs is 1. The molecular weight excluding hydrogens is 464 g/mol. The number of hydrogen-bond donors (Lipinski definition) is 1. The highest BCUT2D eigenvalue weighted by Crippen LogP contribution is 2.36. The van der Waals surface area contributed by atoms with Crippen LogP contribution in [0.2, 0.25) is 0 Å². The molecule has 0 radical (unpaired) electrons. The number of nitrogens with zero attached hydrogens (tertiary/aromatic N) is 3. The Labute approximate surface area is 196 Å². The van der Waals surface area contributed by atoms with Crippen molar-refractivity contribution in [2.24, 2.45) is 0 Å². The number of thiophene rings is 1. The van der Waals surface area contributed by atoms with E-state index in [9.17, 15) is 4.79 Å². The maximum absolute atomic E-state index is 12.2. The Balaban J connectivity index is 1.15. The predicted octanol–water partition coefficient (Wildman–Crippen LogP) is 4.77. The van der Waals surface area contributed by atoms with E-state index in [1.807, 2.05) is 48.7 Å². The summed E-state index contributed by atoms with van der Waals surface area (Å²) in [7, 11) is 0. The zero-order valence-electron chi connectivity index (χ0n) is 17.0. The molecule has 0 unspecified atom stereocenters. The Morgan fingerprint density at radius 3 is 2.88 bits per heavy atom. The molecule has 0 aliphatic carbocycles. The second-order valence-corrected chi connectivity index (χ2v) is 9.86. The number of nitrogens with one attached hydrogen (secondary N) is 1. The molecule has 1 aliphatic heterocycles. The molecule has 0 saturated carbocycles. The van der Waals surface area contributed by atoms with Gasteiger partial charge in [0.2, 0.25) is 12.7 Å². The summed E-state index contributed by atoms with van der Waals surface area (Å²) in [4.78, 5) is 19.1. The highest BCUT2D eigenvalue weighted by Gasteiger charge is 2.15. The summed E-state index contributed by atoms with van der Waals surface area (Å²) in [5.41, 5.74) is 2.69. The highest BCUT2D eigenvalue weighted by atomic mass is 32.2. The minimum atomic E-state index is -0.0718. The van der Waals surface area contributed by atoms with Gasteiger partial charge in [0.1, 0.15) is 15.7 Å². The molecule has 10 heteroatoms. The van der Waals surface area contributed by atoms with Crippen LogP contribution in [0.5, 0.6) is 11.5 Å². The summed E-state index contributed by atoms with van der Waals surface area (Å²) in [6.45, 7) is 2.65. The highest BCUT2D eigenvalue weighted by molar-refractivity contribution is 7.99. The van der Waals surface area contributed by atoms with Gasteiger partial charge in [0.05, 0.1) is 21.2 Å². The lowest BCUT2D eigenvalue weighted by atomic mass is 10.2. The van der Waals surface area contributed by atoms with Crippen molar-refractivity contribution in [2.45, 2.75) is 18.5 Å². The third-order valence-corrected chi connectivity index (χ3v) is 7.82. The Kier molecular flexibility index (Phi) is 6.06. The average molecular weight is 483 g/mol. The van der Waals surface area contributed by atoms with Crippen LogP contribution in [0.4, 0.5) is 0 Å². The number of carbonyl (C=O) groups excluding carboxylic acids is 1. The van der Waals surface area contributed by atoms with Gasteiger partial charge in [-0.15, -0.1) is 32.9 Å². The van der Waals surface area contributed by atoms with Crippen molar-refractivity contribution in [1.29, 1.82) is 0 Å². The molecule has 0 fully saturated rings. The molecule has 3 aromatic heterocycles. The Bertz CT molecular complexity index is 1240. The van der Waals surface area contributed by atoms with E-state index in [1.165, 1.54) is 11.8 Å². The van der Waals surface area contributed by atoms with Crippen molar-refractivity contribution < 1.29 is 14.3 Å². The van der Waals surface area contributed by atoms with Crippen molar-refractivity contribution in [3.8, 4) is 32.0 Å². The van der Waals surface area contributed by atoms with Gasteiger partial charge in [-0.3, -0.25) is 4.79 Å².